The van der Waals surface area contributed by atoms with E-state index < -0.39 is 10.8 Å². The van der Waals surface area contributed by atoms with Crippen LogP contribution in [-0.4, -0.2) is 23.3 Å². The van der Waals surface area contributed by atoms with Crippen molar-refractivity contribution in [1.29, 1.82) is 0 Å². The highest BCUT2D eigenvalue weighted by molar-refractivity contribution is 6.31. The Bertz CT molecular complexity index is 958. The van der Waals surface area contributed by atoms with Crippen LogP contribution in [0.15, 0.2) is 36.4 Å². The second-order valence-electron chi connectivity index (χ2n) is 6.96. The van der Waals surface area contributed by atoms with E-state index in [0.717, 1.165) is 24.1 Å². The summed E-state index contributed by atoms with van der Waals surface area (Å²) >= 11 is 5.90. The zero-order valence-electron chi connectivity index (χ0n) is 15.6. The van der Waals surface area contributed by atoms with Crippen molar-refractivity contribution in [3.8, 4) is 0 Å². The van der Waals surface area contributed by atoms with Gasteiger partial charge in [0.15, 0.2) is 0 Å². The molecule has 0 atom stereocenters. The number of anilines is 2. The molecule has 0 aliphatic carbocycles. The van der Waals surface area contributed by atoms with Gasteiger partial charge in [-0.25, -0.2) is 0 Å². The summed E-state index contributed by atoms with van der Waals surface area (Å²) in [5, 5.41) is 14.1. The van der Waals surface area contributed by atoms with E-state index in [1.54, 1.807) is 17.0 Å². The molecule has 1 aliphatic heterocycles. The molecule has 146 valence electrons. The maximum atomic E-state index is 12.6. The molecule has 1 aliphatic rings. The molecular formula is C20H20ClN3O4. The highest BCUT2D eigenvalue weighted by atomic mass is 35.5. The maximum Gasteiger partial charge on any atom is 0.282 e. The molecule has 0 saturated heterocycles. The Kier molecular flexibility index (Phi) is 5.65. The van der Waals surface area contributed by atoms with E-state index in [-0.39, 0.29) is 28.1 Å². The third kappa shape index (κ3) is 3.99. The number of fused-ring (bicyclic) bond motifs is 1. The first kappa shape index (κ1) is 19.8. The lowest BCUT2D eigenvalue weighted by Gasteiger charge is -2.31. The number of aryl methyl sites for hydroxylation is 1. The van der Waals surface area contributed by atoms with E-state index in [4.69, 9.17) is 11.6 Å². The lowest BCUT2D eigenvalue weighted by Crippen LogP contribution is -2.38. The summed E-state index contributed by atoms with van der Waals surface area (Å²) in [6.45, 7) is 4.32. The number of hydrogen-bond acceptors (Lipinski definition) is 4. The number of nitro benzene ring substituents is 1. The Morgan fingerprint density at radius 3 is 2.64 bits per heavy atom. The number of halogens is 1. The number of amides is 2. The molecule has 1 N–H and O–H groups in total. The van der Waals surface area contributed by atoms with Crippen LogP contribution >= 0.6 is 11.6 Å². The summed E-state index contributed by atoms with van der Waals surface area (Å²) < 4.78 is 0. The van der Waals surface area contributed by atoms with Crippen molar-refractivity contribution in [1.82, 2.24) is 0 Å². The number of benzene rings is 2. The molecule has 1 heterocycles. The molecular weight excluding hydrogens is 382 g/mol. The molecule has 2 aromatic rings. The summed E-state index contributed by atoms with van der Waals surface area (Å²) in [6, 6.07) is 9.18. The maximum absolute atomic E-state index is 12.6. The Morgan fingerprint density at radius 2 is 1.96 bits per heavy atom. The molecule has 0 unspecified atom stereocenters. The predicted octanol–water partition coefficient (Wildman–Crippen LogP) is 4.44. The first-order chi connectivity index (χ1) is 13.3. The Hall–Kier alpha value is -2.93. The topological polar surface area (TPSA) is 92.6 Å². The van der Waals surface area contributed by atoms with E-state index in [1.807, 2.05) is 19.9 Å². The van der Waals surface area contributed by atoms with E-state index in [2.05, 4.69) is 5.32 Å². The first-order valence-electron chi connectivity index (χ1n) is 8.97. The van der Waals surface area contributed by atoms with Gasteiger partial charge in [0.2, 0.25) is 5.91 Å². The van der Waals surface area contributed by atoms with Crippen molar-refractivity contribution in [3.63, 3.8) is 0 Å². The molecule has 28 heavy (non-hydrogen) atoms. The van der Waals surface area contributed by atoms with Crippen molar-refractivity contribution in [3.05, 3.63) is 62.7 Å². The second kappa shape index (κ2) is 7.98. The molecule has 7 nitrogen and oxygen atoms in total. The van der Waals surface area contributed by atoms with Gasteiger partial charge in [-0.15, -0.1) is 0 Å². The molecule has 2 amide bonds. The summed E-state index contributed by atoms with van der Waals surface area (Å²) in [5.74, 6) is -0.750. The van der Waals surface area contributed by atoms with Crippen LogP contribution in [-0.2, 0) is 11.2 Å². The van der Waals surface area contributed by atoms with Gasteiger partial charge in [0, 0.05) is 34.9 Å². The average Bonchev–Trinajstić information content (AvgIpc) is 2.66. The van der Waals surface area contributed by atoms with Crippen molar-refractivity contribution >= 4 is 40.5 Å². The third-order valence-electron chi connectivity index (χ3n) is 4.62. The van der Waals surface area contributed by atoms with Crippen molar-refractivity contribution in [2.45, 2.75) is 26.7 Å². The van der Waals surface area contributed by atoms with Gasteiger partial charge in [0.25, 0.3) is 11.6 Å². The van der Waals surface area contributed by atoms with Gasteiger partial charge in [-0.1, -0.05) is 31.5 Å². The minimum Gasteiger partial charge on any atom is -0.322 e. The van der Waals surface area contributed by atoms with Crippen LogP contribution in [0.2, 0.25) is 5.02 Å². The van der Waals surface area contributed by atoms with Crippen LogP contribution in [0.3, 0.4) is 0 Å². The summed E-state index contributed by atoms with van der Waals surface area (Å²) in [4.78, 5) is 37.5. The molecule has 0 aromatic heterocycles. The minimum atomic E-state index is -0.633. The van der Waals surface area contributed by atoms with Gasteiger partial charge in [-0.05, 0) is 42.7 Å². The lowest BCUT2D eigenvalue weighted by molar-refractivity contribution is -0.385. The smallest absolute Gasteiger partial charge is 0.282 e. The fraction of sp³-hybridized carbons (Fsp3) is 0.300. The highest BCUT2D eigenvalue weighted by Gasteiger charge is 2.25. The molecule has 0 spiro atoms. The van der Waals surface area contributed by atoms with Gasteiger partial charge in [-0.2, -0.15) is 0 Å². The number of carbonyl (C=O) groups is 2. The van der Waals surface area contributed by atoms with Crippen LogP contribution < -0.4 is 10.2 Å². The highest BCUT2D eigenvalue weighted by Crippen LogP contribution is 2.32. The molecule has 8 heteroatoms. The number of nitrogens with one attached hydrogen (secondary N) is 1. The van der Waals surface area contributed by atoms with Gasteiger partial charge in [0.1, 0.15) is 5.56 Å². The number of nitrogens with zero attached hydrogens (tertiary/aromatic N) is 2. The zero-order valence-corrected chi connectivity index (χ0v) is 16.3. The van der Waals surface area contributed by atoms with E-state index >= 15 is 0 Å². The largest absolute Gasteiger partial charge is 0.322 e. The zero-order chi connectivity index (χ0) is 20.4. The van der Waals surface area contributed by atoms with Gasteiger partial charge < -0.3 is 10.2 Å². The fourth-order valence-electron chi connectivity index (χ4n) is 3.24. The number of nitro groups is 1. The Morgan fingerprint density at radius 1 is 1.21 bits per heavy atom. The van der Waals surface area contributed by atoms with Gasteiger partial charge in [-0.3, -0.25) is 19.7 Å². The van der Waals surface area contributed by atoms with Crippen LogP contribution in [0.4, 0.5) is 17.1 Å². The van der Waals surface area contributed by atoms with Crippen LogP contribution in [0.25, 0.3) is 0 Å². The van der Waals surface area contributed by atoms with Gasteiger partial charge in [0.05, 0.1) is 4.92 Å². The summed E-state index contributed by atoms with van der Waals surface area (Å²) in [6.07, 6.45) is 1.73. The lowest BCUT2D eigenvalue weighted by atomic mass is 9.99. The minimum absolute atomic E-state index is 0.0231. The number of rotatable bonds is 4. The molecule has 0 bridgehead atoms. The molecule has 0 fully saturated rings. The van der Waals surface area contributed by atoms with Crippen molar-refractivity contribution in [2.24, 2.45) is 5.92 Å². The molecule has 2 aromatic carbocycles. The summed E-state index contributed by atoms with van der Waals surface area (Å²) in [7, 11) is 0. The number of carbonyl (C=O) groups excluding carboxylic acids is 2. The Labute approximate surface area is 167 Å². The van der Waals surface area contributed by atoms with E-state index in [9.17, 15) is 19.7 Å². The SMILES string of the molecule is CC(C)C(=O)N1CCCc2ccc(NC(=O)c3cc(Cl)ccc3[N+](=O)[O-])cc21. The standard InChI is InChI=1S/C20H20ClN3O4/c1-12(2)20(26)23-9-3-4-13-5-7-15(11-18(13)23)22-19(25)16-10-14(21)6-8-17(16)24(27)28/h5-8,10-12H,3-4,9H2,1-2H3,(H,22,25). The summed E-state index contributed by atoms with van der Waals surface area (Å²) in [5.41, 5.74) is 1.82. The van der Waals surface area contributed by atoms with Crippen LogP contribution in [0.1, 0.15) is 36.2 Å². The second-order valence-corrected chi connectivity index (χ2v) is 7.40. The van der Waals surface area contributed by atoms with Gasteiger partial charge >= 0.3 is 0 Å². The average molecular weight is 402 g/mol. The first-order valence-corrected chi connectivity index (χ1v) is 9.35. The normalized spacial score (nSPS) is 13.2. The Balaban J connectivity index is 1.91. The monoisotopic (exact) mass is 401 g/mol. The number of hydrogen-bond donors (Lipinski definition) is 1. The van der Waals surface area contributed by atoms with Crippen LogP contribution in [0.5, 0.6) is 0 Å². The molecule has 3 rings (SSSR count). The third-order valence-corrected chi connectivity index (χ3v) is 4.86. The van der Waals surface area contributed by atoms with E-state index in [1.165, 1.54) is 18.2 Å². The molecule has 0 saturated carbocycles. The molecule has 0 radical (unpaired) electrons. The van der Waals surface area contributed by atoms with Crippen molar-refractivity contribution < 1.29 is 14.5 Å². The predicted molar refractivity (Wildman–Crippen MR) is 108 cm³/mol. The van der Waals surface area contributed by atoms with Crippen molar-refractivity contribution in [2.75, 3.05) is 16.8 Å². The van der Waals surface area contributed by atoms with Crippen LogP contribution in [0, 0.1) is 16.0 Å². The van der Waals surface area contributed by atoms with E-state index in [0.29, 0.717) is 12.2 Å². The quantitative estimate of drug-likeness (QED) is 0.605. The fourth-order valence-corrected chi connectivity index (χ4v) is 3.41.